The zero-order chi connectivity index (χ0) is 10.4. The number of benzene rings is 1. The van der Waals surface area contributed by atoms with Gasteiger partial charge in [0.15, 0.2) is 0 Å². The minimum absolute atomic E-state index is 0.298. The Labute approximate surface area is 95.7 Å². The molecule has 5 aliphatic carbocycles. The van der Waals surface area contributed by atoms with Gasteiger partial charge in [0.25, 0.3) is 0 Å². The first kappa shape index (κ1) is 7.89. The van der Waals surface area contributed by atoms with Crippen LogP contribution >= 0.6 is 0 Å². The fourth-order valence-corrected chi connectivity index (χ4v) is 4.47. The monoisotopic (exact) mass is 206 g/mol. The van der Waals surface area contributed by atoms with Gasteiger partial charge >= 0.3 is 0 Å². The standard InChI is InChI=1S/C16H14/c1-2-12-4-6-16-9-7-15(8-10-16)5-3-11(1)13(15)14(12)16/h1-2,7-10H,3-6H2. The number of hydrogen-bond acceptors (Lipinski definition) is 0. The van der Waals surface area contributed by atoms with Crippen molar-refractivity contribution in [1.82, 2.24) is 0 Å². The normalized spacial score (nSPS) is 39.5. The van der Waals surface area contributed by atoms with Crippen LogP contribution in [0.15, 0.2) is 36.4 Å². The fraction of sp³-hybridized carbons (Fsp3) is 0.375. The van der Waals surface area contributed by atoms with Gasteiger partial charge in [0.2, 0.25) is 0 Å². The minimum atomic E-state index is 0.298. The molecule has 0 nitrogen and oxygen atoms in total. The topological polar surface area (TPSA) is 0 Å². The van der Waals surface area contributed by atoms with Crippen LogP contribution in [0.1, 0.15) is 35.1 Å². The van der Waals surface area contributed by atoms with Crippen molar-refractivity contribution < 1.29 is 0 Å². The molecular formula is C16H14. The Morgan fingerprint density at radius 3 is 1.56 bits per heavy atom. The maximum Gasteiger partial charge on any atom is 0.0322 e. The third-order valence-electron chi connectivity index (χ3n) is 5.28. The Morgan fingerprint density at radius 2 is 1.12 bits per heavy atom. The Bertz CT molecular complexity index is 521. The second-order valence-corrected chi connectivity index (χ2v) is 5.88. The highest BCUT2D eigenvalue weighted by molar-refractivity contribution is 5.67. The van der Waals surface area contributed by atoms with Crippen LogP contribution in [0.3, 0.4) is 0 Å². The zero-order valence-corrected chi connectivity index (χ0v) is 9.29. The van der Waals surface area contributed by atoms with Crippen LogP contribution in [0, 0.1) is 0 Å². The molecule has 0 saturated heterocycles. The van der Waals surface area contributed by atoms with Gasteiger partial charge in [-0.25, -0.2) is 0 Å². The molecule has 2 spiro atoms. The van der Waals surface area contributed by atoms with Crippen LogP contribution in [0.25, 0.3) is 0 Å². The average molecular weight is 206 g/mol. The van der Waals surface area contributed by atoms with Gasteiger partial charge in [-0.3, -0.25) is 0 Å². The van der Waals surface area contributed by atoms with E-state index in [1.165, 1.54) is 25.7 Å². The molecule has 1 aromatic rings. The number of aryl methyl sites for hydroxylation is 2. The Balaban J connectivity index is 2.04. The molecule has 0 radical (unpaired) electrons. The molecule has 0 aromatic heterocycles. The highest BCUT2D eigenvalue weighted by atomic mass is 14.5. The molecule has 78 valence electrons. The highest BCUT2D eigenvalue weighted by Gasteiger charge is 2.51. The van der Waals surface area contributed by atoms with Crippen LogP contribution in [0.5, 0.6) is 0 Å². The summed E-state index contributed by atoms with van der Waals surface area (Å²) in [6, 6.07) is 4.79. The van der Waals surface area contributed by atoms with Crippen molar-refractivity contribution in [2.75, 3.05) is 0 Å². The summed E-state index contributed by atoms with van der Waals surface area (Å²) in [5, 5.41) is 0. The van der Waals surface area contributed by atoms with Gasteiger partial charge < -0.3 is 0 Å². The Kier molecular flexibility index (Phi) is 1.02. The molecular weight excluding hydrogens is 192 g/mol. The van der Waals surface area contributed by atoms with Crippen molar-refractivity contribution in [3.8, 4) is 0 Å². The lowest BCUT2D eigenvalue weighted by molar-refractivity contribution is 0.541. The second-order valence-electron chi connectivity index (χ2n) is 5.88. The maximum absolute atomic E-state index is 2.50. The minimum Gasteiger partial charge on any atom is -0.0730 e. The SMILES string of the molecule is C1=CC23C=CC14CCc1ccc(c2c14)CC3. The molecule has 0 aliphatic heterocycles. The van der Waals surface area contributed by atoms with Gasteiger partial charge in [0, 0.05) is 10.8 Å². The molecule has 0 saturated carbocycles. The Morgan fingerprint density at radius 1 is 0.688 bits per heavy atom. The molecule has 0 N–H and O–H groups in total. The van der Waals surface area contributed by atoms with Crippen LogP contribution in [-0.4, -0.2) is 0 Å². The Hall–Kier alpha value is -1.30. The van der Waals surface area contributed by atoms with E-state index in [1.807, 2.05) is 0 Å². The largest absolute Gasteiger partial charge is 0.0730 e. The molecule has 16 heavy (non-hydrogen) atoms. The van der Waals surface area contributed by atoms with Crippen molar-refractivity contribution in [1.29, 1.82) is 0 Å². The fourth-order valence-electron chi connectivity index (χ4n) is 4.47. The van der Waals surface area contributed by atoms with E-state index < -0.39 is 0 Å². The van der Waals surface area contributed by atoms with Crippen molar-refractivity contribution in [3.63, 3.8) is 0 Å². The lowest BCUT2D eigenvalue weighted by atomic mass is 9.61. The lowest BCUT2D eigenvalue weighted by Gasteiger charge is -2.42. The smallest absolute Gasteiger partial charge is 0.0322 e. The van der Waals surface area contributed by atoms with E-state index in [2.05, 4.69) is 36.4 Å². The van der Waals surface area contributed by atoms with Gasteiger partial charge in [-0.1, -0.05) is 36.4 Å². The van der Waals surface area contributed by atoms with Crippen LogP contribution in [-0.2, 0) is 23.7 Å². The van der Waals surface area contributed by atoms with E-state index in [1.54, 1.807) is 22.3 Å². The molecule has 0 fully saturated rings. The molecule has 5 aliphatic rings. The zero-order valence-electron chi connectivity index (χ0n) is 9.29. The van der Waals surface area contributed by atoms with Gasteiger partial charge in [-0.05, 0) is 47.9 Å². The van der Waals surface area contributed by atoms with E-state index in [9.17, 15) is 0 Å². The van der Waals surface area contributed by atoms with Gasteiger partial charge in [0.1, 0.15) is 0 Å². The molecule has 0 amide bonds. The quantitative estimate of drug-likeness (QED) is 0.572. The number of allylic oxidation sites excluding steroid dienone is 4. The van der Waals surface area contributed by atoms with Crippen molar-refractivity contribution in [2.24, 2.45) is 0 Å². The predicted octanol–water partition coefficient (Wildman–Crippen LogP) is 3.19. The third kappa shape index (κ3) is 0.603. The predicted molar refractivity (Wildman–Crippen MR) is 64.7 cm³/mol. The first-order chi connectivity index (χ1) is 7.83. The van der Waals surface area contributed by atoms with E-state index >= 15 is 0 Å². The molecule has 0 atom stereocenters. The average Bonchev–Trinajstić information content (AvgIpc) is 2.86. The van der Waals surface area contributed by atoms with Gasteiger partial charge in [-0.15, -0.1) is 0 Å². The molecule has 0 heteroatoms. The third-order valence-corrected chi connectivity index (χ3v) is 5.28. The summed E-state index contributed by atoms with van der Waals surface area (Å²) in [6.07, 6.45) is 15.1. The molecule has 0 unspecified atom stereocenters. The highest BCUT2D eigenvalue weighted by Crippen LogP contribution is 2.59. The van der Waals surface area contributed by atoms with E-state index in [0.717, 1.165) is 0 Å². The molecule has 6 rings (SSSR count). The summed E-state index contributed by atoms with van der Waals surface area (Å²) in [5.41, 5.74) is 7.25. The van der Waals surface area contributed by atoms with E-state index in [-0.39, 0.29) is 0 Å². The summed E-state index contributed by atoms with van der Waals surface area (Å²) in [4.78, 5) is 0. The second kappa shape index (κ2) is 2.07. The lowest BCUT2D eigenvalue weighted by Crippen LogP contribution is -2.35. The summed E-state index contributed by atoms with van der Waals surface area (Å²) >= 11 is 0. The van der Waals surface area contributed by atoms with Crippen LogP contribution in [0.4, 0.5) is 0 Å². The summed E-state index contributed by atoms with van der Waals surface area (Å²) in [6.45, 7) is 0. The maximum atomic E-state index is 2.50. The van der Waals surface area contributed by atoms with E-state index in [4.69, 9.17) is 0 Å². The number of hydrogen-bond donors (Lipinski definition) is 0. The molecule has 2 bridgehead atoms. The summed E-state index contributed by atoms with van der Waals surface area (Å²) < 4.78 is 0. The van der Waals surface area contributed by atoms with Crippen molar-refractivity contribution in [2.45, 2.75) is 36.5 Å². The number of rotatable bonds is 0. The summed E-state index contributed by atoms with van der Waals surface area (Å²) in [5.74, 6) is 0. The van der Waals surface area contributed by atoms with Crippen LogP contribution in [0.2, 0.25) is 0 Å². The molecule has 1 aromatic carbocycles. The molecule has 0 heterocycles. The van der Waals surface area contributed by atoms with Crippen molar-refractivity contribution >= 4 is 0 Å². The van der Waals surface area contributed by atoms with Gasteiger partial charge in [0.05, 0.1) is 0 Å². The van der Waals surface area contributed by atoms with Crippen molar-refractivity contribution in [3.05, 3.63) is 58.7 Å². The van der Waals surface area contributed by atoms with E-state index in [0.29, 0.717) is 10.8 Å². The van der Waals surface area contributed by atoms with Gasteiger partial charge in [-0.2, -0.15) is 0 Å². The first-order valence-electron chi connectivity index (χ1n) is 6.40. The summed E-state index contributed by atoms with van der Waals surface area (Å²) in [7, 11) is 0. The first-order valence-corrected chi connectivity index (χ1v) is 6.40. The van der Waals surface area contributed by atoms with Crippen LogP contribution < -0.4 is 0 Å².